The van der Waals surface area contributed by atoms with Crippen LogP contribution < -0.4 is 4.90 Å². The number of aliphatic hydroxyl groups is 1. The molecular weight excluding hydrogens is 274 g/mol. The summed E-state index contributed by atoms with van der Waals surface area (Å²) in [5.41, 5.74) is 2.65. The highest BCUT2D eigenvalue weighted by Crippen LogP contribution is 2.18. The molecule has 0 spiro atoms. The second-order valence-electron chi connectivity index (χ2n) is 6.79. The van der Waals surface area contributed by atoms with Gasteiger partial charge in [-0.15, -0.1) is 0 Å². The number of β-amino-alcohol motifs (C(OH)–C–C–N with tert-alkyl or cyclic N) is 1. The Morgan fingerprint density at radius 1 is 0.955 bits per heavy atom. The Hall–Kier alpha value is -1.10. The Balaban J connectivity index is 1.43. The standard InChI is InChI=1S/C18H29N3O/c1-16-5-4-6-17(13-16)21-11-9-20(10-12-21)15-18(22)14-19-7-2-3-8-19/h4-6,13,18,22H,2-3,7-12,14-15H2,1H3/t18-/m1/s1. The van der Waals surface area contributed by atoms with Gasteiger partial charge in [-0.05, 0) is 50.6 Å². The summed E-state index contributed by atoms with van der Waals surface area (Å²) in [6, 6.07) is 8.74. The van der Waals surface area contributed by atoms with Crippen molar-refractivity contribution in [1.82, 2.24) is 9.80 Å². The van der Waals surface area contributed by atoms with Gasteiger partial charge in [0.15, 0.2) is 0 Å². The smallest absolute Gasteiger partial charge is 0.0793 e. The molecule has 22 heavy (non-hydrogen) atoms. The number of nitrogens with zero attached hydrogens (tertiary/aromatic N) is 3. The molecule has 0 aromatic heterocycles. The quantitative estimate of drug-likeness (QED) is 0.894. The largest absolute Gasteiger partial charge is 0.390 e. The van der Waals surface area contributed by atoms with Crippen molar-refractivity contribution in [1.29, 1.82) is 0 Å². The third-order valence-electron chi connectivity index (χ3n) is 4.88. The van der Waals surface area contributed by atoms with Gasteiger partial charge in [-0.1, -0.05) is 12.1 Å². The van der Waals surface area contributed by atoms with E-state index in [2.05, 4.69) is 45.9 Å². The maximum absolute atomic E-state index is 10.3. The van der Waals surface area contributed by atoms with Gasteiger partial charge in [-0.25, -0.2) is 0 Å². The number of anilines is 1. The zero-order valence-corrected chi connectivity index (χ0v) is 13.7. The highest BCUT2D eigenvalue weighted by molar-refractivity contribution is 5.48. The minimum absolute atomic E-state index is 0.205. The normalized spacial score (nSPS) is 22.2. The molecule has 2 aliphatic rings. The van der Waals surface area contributed by atoms with Crippen molar-refractivity contribution in [3.8, 4) is 0 Å². The van der Waals surface area contributed by atoms with Crippen LogP contribution in [0.5, 0.6) is 0 Å². The highest BCUT2D eigenvalue weighted by Gasteiger charge is 2.21. The van der Waals surface area contributed by atoms with E-state index in [-0.39, 0.29) is 6.10 Å². The summed E-state index contributed by atoms with van der Waals surface area (Å²) >= 11 is 0. The number of hydrogen-bond acceptors (Lipinski definition) is 4. The van der Waals surface area contributed by atoms with Crippen LogP contribution in [0.1, 0.15) is 18.4 Å². The van der Waals surface area contributed by atoms with Crippen LogP contribution in [-0.2, 0) is 0 Å². The molecule has 2 heterocycles. The zero-order valence-electron chi connectivity index (χ0n) is 13.7. The van der Waals surface area contributed by atoms with Crippen LogP contribution in [0.4, 0.5) is 5.69 Å². The van der Waals surface area contributed by atoms with Crippen LogP contribution in [0, 0.1) is 6.92 Å². The molecule has 0 radical (unpaired) electrons. The second kappa shape index (κ2) is 7.44. The third-order valence-corrected chi connectivity index (χ3v) is 4.88. The molecule has 2 saturated heterocycles. The molecule has 0 bridgehead atoms. The van der Waals surface area contributed by atoms with Crippen molar-refractivity contribution in [2.45, 2.75) is 25.9 Å². The van der Waals surface area contributed by atoms with E-state index in [9.17, 15) is 5.11 Å². The van der Waals surface area contributed by atoms with Crippen LogP contribution in [0.3, 0.4) is 0 Å². The molecule has 122 valence electrons. The first-order chi connectivity index (χ1) is 10.7. The van der Waals surface area contributed by atoms with E-state index in [1.54, 1.807) is 0 Å². The summed E-state index contributed by atoms with van der Waals surface area (Å²) in [6.45, 7) is 10.3. The van der Waals surface area contributed by atoms with Gasteiger partial charge in [0.25, 0.3) is 0 Å². The average molecular weight is 303 g/mol. The van der Waals surface area contributed by atoms with E-state index in [4.69, 9.17) is 0 Å². The monoisotopic (exact) mass is 303 g/mol. The summed E-state index contributed by atoms with van der Waals surface area (Å²) in [7, 11) is 0. The summed E-state index contributed by atoms with van der Waals surface area (Å²) < 4.78 is 0. The minimum Gasteiger partial charge on any atom is -0.390 e. The minimum atomic E-state index is -0.205. The van der Waals surface area contributed by atoms with Crippen molar-refractivity contribution in [2.75, 3.05) is 57.3 Å². The van der Waals surface area contributed by atoms with Crippen LogP contribution >= 0.6 is 0 Å². The van der Waals surface area contributed by atoms with Crippen molar-refractivity contribution in [3.63, 3.8) is 0 Å². The fourth-order valence-corrected chi connectivity index (χ4v) is 3.63. The Kier molecular flexibility index (Phi) is 5.34. The lowest BCUT2D eigenvalue weighted by Gasteiger charge is -2.37. The van der Waals surface area contributed by atoms with Gasteiger partial charge in [0.05, 0.1) is 6.10 Å². The number of likely N-dealkylation sites (tertiary alicyclic amines) is 1. The van der Waals surface area contributed by atoms with Gasteiger partial charge in [0.2, 0.25) is 0 Å². The van der Waals surface area contributed by atoms with Gasteiger partial charge in [0, 0.05) is 45.0 Å². The topological polar surface area (TPSA) is 30.0 Å². The molecule has 2 fully saturated rings. The van der Waals surface area contributed by atoms with Crippen LogP contribution in [0.2, 0.25) is 0 Å². The maximum Gasteiger partial charge on any atom is 0.0793 e. The molecular formula is C18H29N3O. The van der Waals surface area contributed by atoms with E-state index >= 15 is 0 Å². The Morgan fingerprint density at radius 2 is 1.59 bits per heavy atom. The van der Waals surface area contributed by atoms with E-state index in [0.717, 1.165) is 52.4 Å². The molecule has 4 nitrogen and oxygen atoms in total. The van der Waals surface area contributed by atoms with Crippen molar-refractivity contribution in [3.05, 3.63) is 29.8 Å². The van der Waals surface area contributed by atoms with Gasteiger partial charge in [-0.2, -0.15) is 0 Å². The van der Waals surface area contributed by atoms with Crippen molar-refractivity contribution >= 4 is 5.69 Å². The SMILES string of the molecule is Cc1cccc(N2CCN(C[C@H](O)CN3CCCC3)CC2)c1. The summed E-state index contributed by atoms with van der Waals surface area (Å²) in [6.07, 6.45) is 2.38. The Labute approximate surface area is 134 Å². The van der Waals surface area contributed by atoms with Crippen LogP contribution in [-0.4, -0.2) is 73.4 Å². The van der Waals surface area contributed by atoms with Crippen LogP contribution in [0.15, 0.2) is 24.3 Å². The Morgan fingerprint density at radius 3 is 2.23 bits per heavy atom. The molecule has 0 amide bonds. The van der Waals surface area contributed by atoms with Crippen molar-refractivity contribution in [2.24, 2.45) is 0 Å². The molecule has 4 heteroatoms. The molecule has 0 unspecified atom stereocenters. The zero-order chi connectivity index (χ0) is 15.4. The first-order valence-electron chi connectivity index (χ1n) is 8.65. The van der Waals surface area contributed by atoms with Gasteiger partial charge < -0.3 is 14.9 Å². The molecule has 0 saturated carbocycles. The maximum atomic E-state index is 10.3. The molecule has 1 aromatic carbocycles. The van der Waals surface area contributed by atoms with Gasteiger partial charge in [0.1, 0.15) is 0 Å². The number of rotatable bonds is 5. The fourth-order valence-electron chi connectivity index (χ4n) is 3.63. The fraction of sp³-hybridized carbons (Fsp3) is 0.667. The second-order valence-corrected chi connectivity index (χ2v) is 6.79. The molecule has 1 atom stereocenters. The summed E-state index contributed by atoms with van der Waals surface area (Å²) in [5.74, 6) is 0. The Bertz CT molecular complexity index is 465. The lowest BCUT2D eigenvalue weighted by molar-refractivity contribution is 0.0790. The molecule has 1 N–H and O–H groups in total. The van der Waals surface area contributed by atoms with Gasteiger partial charge >= 0.3 is 0 Å². The first kappa shape index (κ1) is 15.8. The van der Waals surface area contributed by atoms with E-state index < -0.39 is 0 Å². The number of aliphatic hydroxyl groups excluding tert-OH is 1. The average Bonchev–Trinajstić information content (AvgIpc) is 3.01. The molecule has 1 aromatic rings. The lowest BCUT2D eigenvalue weighted by Crippen LogP contribution is -2.50. The summed E-state index contributed by atoms with van der Waals surface area (Å²) in [5, 5.41) is 10.3. The van der Waals surface area contributed by atoms with Crippen LogP contribution in [0.25, 0.3) is 0 Å². The lowest BCUT2D eigenvalue weighted by atomic mass is 10.2. The number of hydrogen-bond donors (Lipinski definition) is 1. The molecule has 0 aliphatic carbocycles. The number of piperazine rings is 1. The van der Waals surface area contributed by atoms with E-state index in [1.807, 2.05) is 0 Å². The number of benzene rings is 1. The predicted octanol–water partition coefficient (Wildman–Crippen LogP) is 1.57. The van der Waals surface area contributed by atoms with E-state index in [1.165, 1.54) is 24.1 Å². The third kappa shape index (κ3) is 4.22. The molecule has 3 rings (SSSR count). The number of aryl methyl sites for hydroxylation is 1. The molecule has 2 aliphatic heterocycles. The summed E-state index contributed by atoms with van der Waals surface area (Å²) in [4.78, 5) is 7.26. The van der Waals surface area contributed by atoms with E-state index in [0.29, 0.717) is 0 Å². The first-order valence-corrected chi connectivity index (χ1v) is 8.65. The predicted molar refractivity (Wildman–Crippen MR) is 91.5 cm³/mol. The van der Waals surface area contributed by atoms with Crippen molar-refractivity contribution < 1.29 is 5.11 Å². The highest BCUT2D eigenvalue weighted by atomic mass is 16.3. The van der Waals surface area contributed by atoms with Gasteiger partial charge in [-0.3, -0.25) is 4.90 Å².